The van der Waals surface area contributed by atoms with E-state index in [0.29, 0.717) is 0 Å². The highest BCUT2D eigenvalue weighted by molar-refractivity contribution is 7.15. The van der Waals surface area contributed by atoms with Crippen LogP contribution in [0.5, 0.6) is 0 Å². The third-order valence-electron chi connectivity index (χ3n) is 5.98. The Morgan fingerprint density at radius 3 is 2.83 bits per heavy atom. The molecule has 0 bridgehead atoms. The Bertz CT molecular complexity index is 1580. The number of hydrogen-bond donors (Lipinski definition) is 3. The van der Waals surface area contributed by atoms with Crippen LogP contribution < -0.4 is 5.32 Å². The van der Waals surface area contributed by atoms with E-state index in [1.807, 2.05) is 19.2 Å². The van der Waals surface area contributed by atoms with Crippen LogP contribution in [0.3, 0.4) is 0 Å². The van der Waals surface area contributed by atoms with E-state index in [0.717, 1.165) is 68.9 Å². The SMILES string of the molecule is C=C/C(=C\C(=C/C)c1cc2c(-c3nc4c(-c5ccc(C)s5)cccc4[nH]3)n[nH]c2cn1)CNCC. The third-order valence-corrected chi connectivity index (χ3v) is 7.01. The summed E-state index contributed by atoms with van der Waals surface area (Å²) in [5.41, 5.74) is 7.75. The average molecular weight is 481 g/mol. The number of nitrogens with zero attached hydrogens (tertiary/aromatic N) is 3. The van der Waals surface area contributed by atoms with E-state index in [1.165, 1.54) is 9.75 Å². The van der Waals surface area contributed by atoms with Crippen molar-refractivity contribution in [2.45, 2.75) is 20.8 Å². The monoisotopic (exact) mass is 480 g/mol. The molecular weight excluding hydrogens is 452 g/mol. The van der Waals surface area contributed by atoms with Crippen molar-refractivity contribution in [1.29, 1.82) is 0 Å². The van der Waals surface area contributed by atoms with Gasteiger partial charge >= 0.3 is 0 Å². The molecule has 1 aromatic carbocycles. The molecule has 0 aliphatic heterocycles. The summed E-state index contributed by atoms with van der Waals surface area (Å²) in [7, 11) is 0. The number of rotatable bonds is 8. The van der Waals surface area contributed by atoms with E-state index in [2.05, 4.69) is 94.5 Å². The van der Waals surface area contributed by atoms with Crippen molar-refractivity contribution in [2.24, 2.45) is 0 Å². The first kappa shape index (κ1) is 23.0. The minimum Gasteiger partial charge on any atom is -0.337 e. The Balaban J connectivity index is 1.58. The molecule has 176 valence electrons. The van der Waals surface area contributed by atoms with Gasteiger partial charge in [0, 0.05) is 27.2 Å². The molecule has 3 N–H and O–H groups in total. The molecule has 7 heteroatoms. The number of imidazole rings is 1. The van der Waals surface area contributed by atoms with Gasteiger partial charge in [-0.25, -0.2) is 4.98 Å². The van der Waals surface area contributed by atoms with Gasteiger partial charge in [0.05, 0.1) is 28.4 Å². The highest BCUT2D eigenvalue weighted by atomic mass is 32.1. The number of thiophene rings is 1. The Hall–Kier alpha value is -3.81. The predicted octanol–water partition coefficient (Wildman–Crippen LogP) is 6.66. The van der Waals surface area contributed by atoms with Gasteiger partial charge in [-0.15, -0.1) is 11.3 Å². The first-order valence-corrected chi connectivity index (χ1v) is 12.5. The smallest absolute Gasteiger partial charge is 0.159 e. The molecule has 0 fully saturated rings. The summed E-state index contributed by atoms with van der Waals surface area (Å²) in [5.74, 6) is 0.737. The van der Waals surface area contributed by atoms with Crippen LogP contribution in [-0.4, -0.2) is 38.2 Å². The van der Waals surface area contributed by atoms with Crippen LogP contribution in [0, 0.1) is 6.92 Å². The van der Waals surface area contributed by atoms with Crippen molar-refractivity contribution in [1.82, 2.24) is 30.5 Å². The van der Waals surface area contributed by atoms with Gasteiger partial charge in [0.25, 0.3) is 0 Å². The van der Waals surface area contributed by atoms with E-state index in [9.17, 15) is 0 Å². The molecule has 0 saturated heterocycles. The number of likely N-dealkylation sites (N-methyl/N-ethyl adjacent to an activating group) is 1. The zero-order valence-electron chi connectivity index (χ0n) is 20.1. The number of aryl methyl sites for hydroxylation is 1. The number of benzene rings is 1. The summed E-state index contributed by atoms with van der Waals surface area (Å²) < 4.78 is 0. The molecule has 0 saturated carbocycles. The van der Waals surface area contributed by atoms with Crippen LogP contribution in [0.2, 0.25) is 0 Å². The number of aromatic amines is 2. The number of aromatic nitrogens is 5. The molecule has 35 heavy (non-hydrogen) atoms. The van der Waals surface area contributed by atoms with Crippen LogP contribution in [0.4, 0.5) is 0 Å². The lowest BCUT2D eigenvalue weighted by Gasteiger charge is -2.06. The molecule has 4 aromatic heterocycles. The minimum atomic E-state index is 0.737. The number of pyridine rings is 1. The van der Waals surface area contributed by atoms with Gasteiger partial charge < -0.3 is 10.3 Å². The van der Waals surface area contributed by atoms with Gasteiger partial charge in [-0.05, 0) is 61.9 Å². The zero-order valence-corrected chi connectivity index (χ0v) is 21.0. The maximum absolute atomic E-state index is 4.98. The second-order valence-corrected chi connectivity index (χ2v) is 9.62. The Morgan fingerprint density at radius 2 is 2.09 bits per heavy atom. The van der Waals surface area contributed by atoms with Gasteiger partial charge in [0.1, 0.15) is 5.69 Å². The van der Waals surface area contributed by atoms with Crippen LogP contribution in [0.15, 0.2) is 73.0 Å². The molecular formula is C28H28N6S. The van der Waals surface area contributed by atoms with Crippen LogP contribution in [0.1, 0.15) is 24.4 Å². The first-order valence-electron chi connectivity index (χ1n) is 11.7. The fourth-order valence-electron chi connectivity index (χ4n) is 4.13. The van der Waals surface area contributed by atoms with Gasteiger partial charge in [0.15, 0.2) is 5.82 Å². The predicted molar refractivity (Wildman–Crippen MR) is 148 cm³/mol. The molecule has 0 atom stereocenters. The van der Waals surface area contributed by atoms with Gasteiger partial charge in [-0.2, -0.15) is 5.10 Å². The fraction of sp³-hybridized carbons (Fsp3) is 0.179. The molecule has 0 amide bonds. The fourth-order valence-corrected chi connectivity index (χ4v) is 5.03. The van der Waals surface area contributed by atoms with Crippen LogP contribution >= 0.6 is 11.3 Å². The second-order valence-electron chi connectivity index (χ2n) is 8.33. The summed E-state index contributed by atoms with van der Waals surface area (Å²) in [6.45, 7) is 11.9. The molecule has 0 aliphatic carbocycles. The molecule has 5 rings (SSSR count). The third kappa shape index (κ3) is 4.48. The van der Waals surface area contributed by atoms with Gasteiger partial charge in [-0.3, -0.25) is 10.1 Å². The molecule has 0 radical (unpaired) electrons. The lowest BCUT2D eigenvalue weighted by atomic mass is 10.1. The summed E-state index contributed by atoms with van der Waals surface area (Å²) in [4.78, 5) is 15.6. The van der Waals surface area contributed by atoms with Crippen molar-refractivity contribution < 1.29 is 0 Å². The quantitative estimate of drug-likeness (QED) is 0.217. The highest BCUT2D eigenvalue weighted by Gasteiger charge is 2.16. The van der Waals surface area contributed by atoms with Crippen molar-refractivity contribution >= 4 is 38.8 Å². The van der Waals surface area contributed by atoms with E-state index in [4.69, 9.17) is 4.98 Å². The Labute approximate surface area is 208 Å². The number of nitrogens with one attached hydrogen (secondary N) is 3. The van der Waals surface area contributed by atoms with E-state index in [-0.39, 0.29) is 0 Å². The molecule has 4 heterocycles. The molecule has 5 aromatic rings. The lowest BCUT2D eigenvalue weighted by molar-refractivity contribution is 0.785. The molecule has 6 nitrogen and oxygen atoms in total. The maximum atomic E-state index is 4.98. The number of H-pyrrole nitrogens is 2. The highest BCUT2D eigenvalue weighted by Crippen LogP contribution is 2.35. The average Bonchev–Trinajstić information content (AvgIpc) is 3.61. The number of fused-ring (bicyclic) bond motifs is 2. The van der Waals surface area contributed by atoms with Gasteiger partial charge in [-0.1, -0.05) is 37.8 Å². The van der Waals surface area contributed by atoms with Gasteiger partial charge in [0.2, 0.25) is 0 Å². The number of allylic oxidation sites excluding steroid dienone is 3. The lowest BCUT2D eigenvalue weighted by Crippen LogP contribution is -2.15. The van der Waals surface area contributed by atoms with Crippen LogP contribution in [0.25, 0.3) is 49.5 Å². The first-order chi connectivity index (χ1) is 17.1. The largest absolute Gasteiger partial charge is 0.337 e. The van der Waals surface area contributed by atoms with Crippen molar-refractivity contribution in [2.75, 3.05) is 13.1 Å². The standard InChI is InChI=1S/C28H28N6S/c1-5-18(15-29-7-3)13-19(6-2)23-14-21-24(16-30-23)33-34-27(21)28-31-22-10-8-9-20(26(22)32-28)25-12-11-17(4)35-25/h5-6,8-14,16,29H,1,7,15H2,2-4H3,(H,31,32)(H,33,34)/b18-13+,19-6+. The normalized spacial score (nSPS) is 12.7. The summed E-state index contributed by atoms with van der Waals surface area (Å²) >= 11 is 1.78. The van der Waals surface area contributed by atoms with Crippen molar-refractivity contribution in [3.63, 3.8) is 0 Å². The van der Waals surface area contributed by atoms with Crippen molar-refractivity contribution in [3.8, 4) is 22.0 Å². The summed E-state index contributed by atoms with van der Waals surface area (Å²) in [5, 5.41) is 12.0. The zero-order chi connectivity index (χ0) is 24.4. The molecule has 0 spiro atoms. The maximum Gasteiger partial charge on any atom is 0.159 e. The molecule has 0 unspecified atom stereocenters. The van der Waals surface area contributed by atoms with E-state index in [1.54, 1.807) is 11.3 Å². The summed E-state index contributed by atoms with van der Waals surface area (Å²) in [6, 6.07) is 12.6. The second kappa shape index (κ2) is 9.82. The van der Waals surface area contributed by atoms with Crippen LogP contribution in [-0.2, 0) is 0 Å². The van der Waals surface area contributed by atoms with E-state index >= 15 is 0 Å². The minimum absolute atomic E-state index is 0.737. The van der Waals surface area contributed by atoms with E-state index < -0.39 is 0 Å². The van der Waals surface area contributed by atoms with Crippen molar-refractivity contribution in [3.05, 3.63) is 83.5 Å². The Kier molecular flexibility index (Phi) is 6.44. The molecule has 0 aliphatic rings. The summed E-state index contributed by atoms with van der Waals surface area (Å²) in [6.07, 6.45) is 7.91. The number of hydrogen-bond acceptors (Lipinski definition) is 5. The number of para-hydroxylation sites is 1. The topological polar surface area (TPSA) is 82.3 Å². The Morgan fingerprint density at radius 1 is 1.20 bits per heavy atom.